The number of carbonyl (C=O) groups excluding carboxylic acids is 1. The summed E-state index contributed by atoms with van der Waals surface area (Å²) in [4.78, 5) is 17.6. The van der Waals surface area contributed by atoms with Crippen LogP contribution in [0.3, 0.4) is 0 Å². The zero-order valence-corrected chi connectivity index (χ0v) is 20.3. The van der Waals surface area contributed by atoms with Crippen LogP contribution >= 0.6 is 46.8 Å². The summed E-state index contributed by atoms with van der Waals surface area (Å²) >= 11 is 19.0. The first-order valence-corrected chi connectivity index (χ1v) is 11.8. The van der Waals surface area contributed by atoms with Crippen molar-refractivity contribution in [2.24, 2.45) is 0 Å². The van der Waals surface area contributed by atoms with Gasteiger partial charge in [0.05, 0.1) is 5.02 Å². The standard InChI is InChI=1S/C24H15Cl2N3O2S2/c1-12-2-9-17-18(10-12)31-23(28-17)13-3-6-15(7-4-13)27-24(32)29-22(30)21-20(26)16-8-5-14(25)11-19(16)33-21/h2-11H,1H3,(H2,27,29,30,32). The maximum Gasteiger partial charge on any atom is 0.269 e. The molecule has 0 spiro atoms. The molecule has 5 aromatic rings. The average Bonchev–Trinajstić information content (AvgIpc) is 3.34. The van der Waals surface area contributed by atoms with Crippen molar-refractivity contribution in [2.75, 3.05) is 5.32 Å². The molecule has 2 aromatic heterocycles. The Morgan fingerprint density at radius 3 is 2.64 bits per heavy atom. The minimum Gasteiger partial charge on any atom is -0.436 e. The number of fused-ring (bicyclic) bond motifs is 2. The predicted octanol–water partition coefficient (Wildman–Crippen LogP) is 7.45. The van der Waals surface area contributed by atoms with Crippen molar-refractivity contribution >= 4 is 84.6 Å². The SMILES string of the molecule is Cc1ccc2nc(-c3ccc(NC(=S)NC(=O)c4sc5cc(Cl)ccc5c4Cl)cc3)oc2c1. The van der Waals surface area contributed by atoms with Gasteiger partial charge in [-0.2, -0.15) is 0 Å². The second-order valence-corrected chi connectivity index (χ2v) is 9.64. The zero-order chi connectivity index (χ0) is 23.1. The third-order valence-electron chi connectivity index (χ3n) is 4.96. The molecule has 0 atom stereocenters. The maximum absolute atomic E-state index is 12.7. The molecule has 1 amide bonds. The van der Waals surface area contributed by atoms with Gasteiger partial charge in [-0.25, -0.2) is 4.98 Å². The van der Waals surface area contributed by atoms with Gasteiger partial charge in [0.25, 0.3) is 5.91 Å². The number of oxazole rings is 1. The number of hydrogen-bond donors (Lipinski definition) is 2. The van der Waals surface area contributed by atoms with Gasteiger partial charge in [-0.05, 0) is 73.2 Å². The van der Waals surface area contributed by atoms with E-state index >= 15 is 0 Å². The molecule has 0 unspecified atom stereocenters. The Morgan fingerprint density at radius 2 is 1.85 bits per heavy atom. The number of thiocarbonyl (C=S) groups is 1. The Morgan fingerprint density at radius 1 is 1.06 bits per heavy atom. The van der Waals surface area contributed by atoms with Crippen LogP contribution in [0.1, 0.15) is 15.2 Å². The van der Waals surface area contributed by atoms with E-state index in [0.29, 0.717) is 26.5 Å². The molecule has 0 radical (unpaired) electrons. The van der Waals surface area contributed by atoms with Crippen molar-refractivity contribution < 1.29 is 9.21 Å². The van der Waals surface area contributed by atoms with E-state index < -0.39 is 0 Å². The second kappa shape index (κ2) is 8.76. The normalized spacial score (nSPS) is 11.1. The van der Waals surface area contributed by atoms with Gasteiger partial charge in [0, 0.05) is 26.4 Å². The number of carbonyl (C=O) groups is 1. The van der Waals surface area contributed by atoms with E-state index in [-0.39, 0.29) is 11.0 Å². The topological polar surface area (TPSA) is 67.2 Å². The van der Waals surface area contributed by atoms with Crippen molar-refractivity contribution in [3.63, 3.8) is 0 Å². The molecule has 3 aromatic carbocycles. The number of thiophene rings is 1. The summed E-state index contributed by atoms with van der Waals surface area (Å²) in [5.41, 5.74) is 4.22. The molecule has 0 bridgehead atoms. The Labute approximate surface area is 208 Å². The highest BCUT2D eigenvalue weighted by molar-refractivity contribution is 7.80. The summed E-state index contributed by atoms with van der Waals surface area (Å²) in [7, 11) is 0. The number of nitrogens with one attached hydrogen (secondary N) is 2. The number of hydrogen-bond acceptors (Lipinski definition) is 5. The predicted molar refractivity (Wildman–Crippen MR) is 140 cm³/mol. The highest BCUT2D eigenvalue weighted by atomic mass is 35.5. The van der Waals surface area contributed by atoms with Crippen LogP contribution in [0.5, 0.6) is 0 Å². The van der Waals surface area contributed by atoms with Crippen LogP contribution in [0.2, 0.25) is 10.0 Å². The average molecular weight is 512 g/mol. The third kappa shape index (κ3) is 4.45. The molecular weight excluding hydrogens is 497 g/mol. The Bertz CT molecular complexity index is 1540. The summed E-state index contributed by atoms with van der Waals surface area (Å²) in [5.74, 6) is 0.158. The Kier molecular flexibility index (Phi) is 5.80. The summed E-state index contributed by atoms with van der Waals surface area (Å²) < 4.78 is 6.70. The first kappa shape index (κ1) is 21.9. The van der Waals surface area contributed by atoms with Crippen molar-refractivity contribution in [3.8, 4) is 11.5 Å². The number of benzene rings is 3. The smallest absolute Gasteiger partial charge is 0.269 e. The van der Waals surface area contributed by atoms with Crippen LogP contribution in [0.4, 0.5) is 5.69 Å². The van der Waals surface area contributed by atoms with E-state index in [9.17, 15) is 4.79 Å². The summed E-state index contributed by atoms with van der Waals surface area (Å²) in [5, 5.41) is 7.59. The quantitative estimate of drug-likeness (QED) is 0.246. The lowest BCUT2D eigenvalue weighted by atomic mass is 10.2. The molecule has 2 N–H and O–H groups in total. The molecule has 0 aliphatic heterocycles. The number of nitrogens with zero attached hydrogens (tertiary/aromatic N) is 1. The van der Waals surface area contributed by atoms with Crippen LogP contribution in [0.15, 0.2) is 65.1 Å². The first-order chi connectivity index (χ1) is 15.9. The molecule has 33 heavy (non-hydrogen) atoms. The number of aromatic nitrogens is 1. The van der Waals surface area contributed by atoms with Crippen LogP contribution in [0, 0.1) is 6.92 Å². The van der Waals surface area contributed by atoms with Crippen LogP contribution in [0.25, 0.3) is 32.6 Å². The van der Waals surface area contributed by atoms with E-state index in [1.807, 2.05) is 49.4 Å². The fourth-order valence-electron chi connectivity index (χ4n) is 3.36. The van der Waals surface area contributed by atoms with Crippen molar-refractivity contribution in [2.45, 2.75) is 6.92 Å². The molecule has 0 saturated carbocycles. The van der Waals surface area contributed by atoms with Gasteiger partial charge in [0.15, 0.2) is 10.7 Å². The van der Waals surface area contributed by atoms with Gasteiger partial charge < -0.3 is 9.73 Å². The minimum atomic E-state index is -0.381. The number of rotatable bonds is 3. The Hall–Kier alpha value is -2.97. The van der Waals surface area contributed by atoms with Crippen molar-refractivity contribution in [1.29, 1.82) is 0 Å². The summed E-state index contributed by atoms with van der Waals surface area (Å²) in [6, 6.07) is 18.6. The molecule has 5 rings (SSSR count). The first-order valence-electron chi connectivity index (χ1n) is 9.85. The lowest BCUT2D eigenvalue weighted by Crippen LogP contribution is -2.33. The Balaban J connectivity index is 1.28. The fraction of sp³-hybridized carbons (Fsp3) is 0.0417. The van der Waals surface area contributed by atoms with Gasteiger partial charge in [-0.1, -0.05) is 35.3 Å². The molecule has 0 fully saturated rings. The van der Waals surface area contributed by atoms with Gasteiger partial charge in [0.1, 0.15) is 10.4 Å². The lowest BCUT2D eigenvalue weighted by Gasteiger charge is -2.09. The number of anilines is 1. The molecular formula is C24H15Cl2N3O2S2. The highest BCUT2D eigenvalue weighted by Crippen LogP contribution is 2.36. The van der Waals surface area contributed by atoms with Gasteiger partial charge in [0.2, 0.25) is 5.89 Å². The molecule has 2 heterocycles. The number of aryl methyl sites for hydroxylation is 1. The second-order valence-electron chi connectivity index (χ2n) is 7.36. The monoisotopic (exact) mass is 511 g/mol. The molecule has 0 saturated heterocycles. The van der Waals surface area contributed by atoms with E-state index in [2.05, 4.69) is 15.6 Å². The minimum absolute atomic E-state index is 0.164. The number of amides is 1. The fourth-order valence-corrected chi connectivity index (χ4v) is 5.26. The number of halogens is 2. The highest BCUT2D eigenvalue weighted by Gasteiger charge is 2.18. The third-order valence-corrected chi connectivity index (χ3v) is 7.05. The van der Waals surface area contributed by atoms with Gasteiger partial charge in [-0.15, -0.1) is 11.3 Å². The maximum atomic E-state index is 12.7. The summed E-state index contributed by atoms with van der Waals surface area (Å²) in [6.45, 7) is 2.01. The largest absolute Gasteiger partial charge is 0.436 e. The van der Waals surface area contributed by atoms with Crippen LogP contribution < -0.4 is 10.6 Å². The van der Waals surface area contributed by atoms with Crippen LogP contribution in [-0.2, 0) is 0 Å². The van der Waals surface area contributed by atoms with E-state index in [1.54, 1.807) is 18.2 Å². The zero-order valence-electron chi connectivity index (χ0n) is 17.1. The molecule has 0 aliphatic carbocycles. The molecule has 9 heteroatoms. The molecule has 164 valence electrons. The van der Waals surface area contributed by atoms with E-state index in [1.165, 1.54) is 11.3 Å². The summed E-state index contributed by atoms with van der Waals surface area (Å²) in [6.07, 6.45) is 0. The van der Waals surface area contributed by atoms with Crippen molar-refractivity contribution in [3.05, 3.63) is 81.1 Å². The van der Waals surface area contributed by atoms with E-state index in [0.717, 1.165) is 32.3 Å². The van der Waals surface area contributed by atoms with Crippen LogP contribution in [-0.4, -0.2) is 16.0 Å². The van der Waals surface area contributed by atoms with Crippen molar-refractivity contribution in [1.82, 2.24) is 10.3 Å². The van der Waals surface area contributed by atoms with Gasteiger partial charge in [-0.3, -0.25) is 10.1 Å². The molecule has 5 nitrogen and oxygen atoms in total. The molecule has 0 aliphatic rings. The van der Waals surface area contributed by atoms with Gasteiger partial charge >= 0.3 is 0 Å². The lowest BCUT2D eigenvalue weighted by molar-refractivity contribution is 0.0982. The van der Waals surface area contributed by atoms with E-state index in [4.69, 9.17) is 39.8 Å².